The Hall–Kier alpha value is -1.12. The Bertz CT molecular complexity index is 366. The minimum atomic E-state index is 0.705. The lowest BCUT2D eigenvalue weighted by Gasteiger charge is -2.23. The molecule has 104 valence electrons. The summed E-state index contributed by atoms with van der Waals surface area (Å²) in [6.45, 7) is 6.89. The average Bonchev–Trinajstić information content (AvgIpc) is 2.93. The lowest BCUT2D eigenvalue weighted by atomic mass is 10.2. The molecule has 1 aromatic rings. The lowest BCUT2D eigenvalue weighted by Crippen LogP contribution is -2.38. The van der Waals surface area contributed by atoms with Crippen LogP contribution in [0, 0.1) is 0 Å². The zero-order valence-corrected chi connectivity index (χ0v) is 12.0. The number of nitrogens with zero attached hydrogens (tertiary/aromatic N) is 1. The third kappa shape index (κ3) is 5.17. The summed E-state index contributed by atoms with van der Waals surface area (Å²) in [4.78, 5) is 2.56. The summed E-state index contributed by atoms with van der Waals surface area (Å²) in [5, 5.41) is 3.59. The van der Waals surface area contributed by atoms with E-state index in [1.807, 2.05) is 0 Å². The molecule has 0 spiro atoms. The standard InChI is InChI=1S/C17H26N2/c1-2-13-19(15-17-11-6-12-18-17)14-7-10-16-8-4-3-5-9-16/h3-5,7-10,17-18H,2,6,11-15H2,1H3/b10-7+. The SMILES string of the molecule is CCCN(C/C=C/c1ccccc1)CC1CCCN1. The second-order valence-corrected chi connectivity index (χ2v) is 5.37. The van der Waals surface area contributed by atoms with E-state index in [4.69, 9.17) is 0 Å². The Labute approximate surface area is 117 Å². The molecular weight excluding hydrogens is 232 g/mol. The number of nitrogens with one attached hydrogen (secondary N) is 1. The molecule has 2 rings (SSSR count). The van der Waals surface area contributed by atoms with Crippen LogP contribution >= 0.6 is 0 Å². The van der Waals surface area contributed by atoms with E-state index in [0.29, 0.717) is 6.04 Å². The molecule has 2 heteroatoms. The Balaban J connectivity index is 1.80. The number of benzene rings is 1. The Kier molecular flexibility index (Phi) is 6.12. The summed E-state index contributed by atoms with van der Waals surface area (Å²) in [6.07, 6.45) is 8.42. The third-order valence-electron chi connectivity index (χ3n) is 3.65. The first-order valence-corrected chi connectivity index (χ1v) is 7.56. The van der Waals surface area contributed by atoms with Crippen LogP contribution < -0.4 is 5.32 Å². The molecule has 1 N–H and O–H groups in total. The highest BCUT2D eigenvalue weighted by molar-refractivity contribution is 5.48. The highest BCUT2D eigenvalue weighted by atomic mass is 15.1. The maximum atomic E-state index is 3.59. The van der Waals surface area contributed by atoms with E-state index in [1.54, 1.807) is 0 Å². The van der Waals surface area contributed by atoms with E-state index < -0.39 is 0 Å². The van der Waals surface area contributed by atoms with E-state index in [-0.39, 0.29) is 0 Å². The molecule has 0 amide bonds. The van der Waals surface area contributed by atoms with Crippen LogP contribution in [0.5, 0.6) is 0 Å². The third-order valence-corrected chi connectivity index (χ3v) is 3.65. The van der Waals surface area contributed by atoms with E-state index in [0.717, 1.165) is 6.54 Å². The number of hydrogen-bond acceptors (Lipinski definition) is 2. The van der Waals surface area contributed by atoms with Crippen molar-refractivity contribution in [3.8, 4) is 0 Å². The normalized spacial score (nSPS) is 19.6. The zero-order valence-electron chi connectivity index (χ0n) is 12.0. The van der Waals surface area contributed by atoms with Gasteiger partial charge in [0.05, 0.1) is 0 Å². The van der Waals surface area contributed by atoms with Crippen LogP contribution in [-0.4, -0.2) is 37.1 Å². The maximum Gasteiger partial charge on any atom is 0.0195 e. The van der Waals surface area contributed by atoms with Crippen LogP contribution in [0.4, 0.5) is 0 Å². The van der Waals surface area contributed by atoms with Gasteiger partial charge < -0.3 is 5.32 Å². The Morgan fingerprint density at radius 3 is 2.84 bits per heavy atom. The van der Waals surface area contributed by atoms with Crippen molar-refractivity contribution in [3.63, 3.8) is 0 Å². The van der Waals surface area contributed by atoms with Gasteiger partial charge in [0.2, 0.25) is 0 Å². The van der Waals surface area contributed by atoms with Gasteiger partial charge in [-0.1, -0.05) is 49.4 Å². The molecule has 2 nitrogen and oxygen atoms in total. The molecule has 1 atom stereocenters. The Morgan fingerprint density at radius 1 is 1.32 bits per heavy atom. The molecule has 1 heterocycles. The first-order valence-electron chi connectivity index (χ1n) is 7.56. The quantitative estimate of drug-likeness (QED) is 0.808. The molecule has 0 aliphatic carbocycles. The van der Waals surface area contributed by atoms with E-state index in [1.165, 1.54) is 44.5 Å². The van der Waals surface area contributed by atoms with Gasteiger partial charge in [-0.2, -0.15) is 0 Å². The van der Waals surface area contributed by atoms with Gasteiger partial charge in [-0.3, -0.25) is 4.90 Å². The highest BCUT2D eigenvalue weighted by Gasteiger charge is 2.16. The van der Waals surface area contributed by atoms with Crippen LogP contribution in [0.25, 0.3) is 6.08 Å². The number of hydrogen-bond donors (Lipinski definition) is 1. The summed E-state index contributed by atoms with van der Waals surface area (Å²) in [5.41, 5.74) is 1.29. The lowest BCUT2D eigenvalue weighted by molar-refractivity contribution is 0.274. The molecule has 0 radical (unpaired) electrons. The van der Waals surface area contributed by atoms with Crippen LogP contribution in [0.2, 0.25) is 0 Å². The van der Waals surface area contributed by atoms with Gasteiger partial charge >= 0.3 is 0 Å². The molecule has 1 saturated heterocycles. The fraction of sp³-hybridized carbons (Fsp3) is 0.529. The minimum Gasteiger partial charge on any atom is -0.313 e. The van der Waals surface area contributed by atoms with Crippen molar-refractivity contribution in [2.75, 3.05) is 26.2 Å². The summed E-state index contributed by atoms with van der Waals surface area (Å²) in [7, 11) is 0. The zero-order chi connectivity index (χ0) is 13.3. The topological polar surface area (TPSA) is 15.3 Å². The van der Waals surface area contributed by atoms with Crippen molar-refractivity contribution < 1.29 is 0 Å². The van der Waals surface area contributed by atoms with Crippen LogP contribution in [0.1, 0.15) is 31.7 Å². The van der Waals surface area contributed by atoms with Gasteiger partial charge in [0.1, 0.15) is 0 Å². The van der Waals surface area contributed by atoms with Crippen LogP contribution in [-0.2, 0) is 0 Å². The van der Waals surface area contributed by atoms with E-state index in [9.17, 15) is 0 Å². The first kappa shape index (κ1) is 14.3. The molecule has 0 aromatic heterocycles. The Morgan fingerprint density at radius 2 is 2.16 bits per heavy atom. The summed E-state index contributed by atoms with van der Waals surface area (Å²) in [5.74, 6) is 0. The second-order valence-electron chi connectivity index (χ2n) is 5.37. The fourth-order valence-electron chi connectivity index (χ4n) is 2.70. The van der Waals surface area contributed by atoms with Gasteiger partial charge in [0, 0.05) is 19.1 Å². The summed E-state index contributed by atoms with van der Waals surface area (Å²) < 4.78 is 0. The van der Waals surface area contributed by atoms with Crippen LogP contribution in [0.15, 0.2) is 36.4 Å². The van der Waals surface area contributed by atoms with Crippen molar-refractivity contribution in [1.82, 2.24) is 10.2 Å². The minimum absolute atomic E-state index is 0.705. The average molecular weight is 258 g/mol. The van der Waals surface area contributed by atoms with Crippen molar-refractivity contribution in [3.05, 3.63) is 42.0 Å². The van der Waals surface area contributed by atoms with Gasteiger partial charge in [0.15, 0.2) is 0 Å². The van der Waals surface area contributed by atoms with Crippen LogP contribution in [0.3, 0.4) is 0 Å². The molecule has 1 aliphatic heterocycles. The van der Waals surface area contributed by atoms with E-state index >= 15 is 0 Å². The van der Waals surface area contributed by atoms with Crippen molar-refractivity contribution in [2.45, 2.75) is 32.2 Å². The molecule has 1 fully saturated rings. The van der Waals surface area contributed by atoms with E-state index in [2.05, 4.69) is 59.6 Å². The first-order chi connectivity index (χ1) is 9.38. The van der Waals surface area contributed by atoms with Gasteiger partial charge in [-0.15, -0.1) is 0 Å². The molecule has 19 heavy (non-hydrogen) atoms. The molecule has 1 aromatic carbocycles. The molecule has 1 aliphatic rings. The molecule has 1 unspecified atom stereocenters. The maximum absolute atomic E-state index is 3.59. The highest BCUT2D eigenvalue weighted by Crippen LogP contribution is 2.08. The predicted octanol–water partition coefficient (Wildman–Crippen LogP) is 3.16. The molecular formula is C17H26N2. The second kappa shape index (κ2) is 8.13. The van der Waals surface area contributed by atoms with Crippen molar-refractivity contribution in [1.29, 1.82) is 0 Å². The summed E-state index contributed by atoms with van der Waals surface area (Å²) >= 11 is 0. The van der Waals surface area contributed by atoms with Crippen molar-refractivity contribution >= 4 is 6.08 Å². The number of rotatable bonds is 7. The molecule has 0 saturated carbocycles. The van der Waals surface area contributed by atoms with Gasteiger partial charge in [0.25, 0.3) is 0 Å². The van der Waals surface area contributed by atoms with Crippen molar-refractivity contribution in [2.24, 2.45) is 0 Å². The monoisotopic (exact) mass is 258 g/mol. The van der Waals surface area contributed by atoms with Gasteiger partial charge in [-0.05, 0) is 37.9 Å². The summed E-state index contributed by atoms with van der Waals surface area (Å²) in [6, 6.07) is 11.2. The molecule has 0 bridgehead atoms. The fourth-order valence-corrected chi connectivity index (χ4v) is 2.70. The largest absolute Gasteiger partial charge is 0.313 e. The predicted molar refractivity (Wildman–Crippen MR) is 83.2 cm³/mol. The smallest absolute Gasteiger partial charge is 0.0195 e. The van der Waals surface area contributed by atoms with Gasteiger partial charge in [-0.25, -0.2) is 0 Å².